The third-order valence-electron chi connectivity index (χ3n) is 5.41. The molecule has 1 aromatic carbocycles. The second-order valence-electron chi connectivity index (χ2n) is 7.15. The number of aromatic nitrogens is 5. The van der Waals surface area contributed by atoms with Gasteiger partial charge in [0.25, 0.3) is 0 Å². The van der Waals surface area contributed by atoms with E-state index in [-0.39, 0.29) is 6.04 Å². The fourth-order valence-corrected chi connectivity index (χ4v) is 4.05. The fraction of sp³-hybridized carbons (Fsp3) is 0.227. The number of imidazole rings is 1. The number of aromatic amines is 1. The number of nitrogens with zero attached hydrogens (tertiary/aromatic N) is 5. The molecule has 0 radical (unpaired) electrons. The highest BCUT2D eigenvalue weighted by molar-refractivity contribution is 5.33. The number of rotatable bonds is 5. The Balaban J connectivity index is 1.48. The van der Waals surface area contributed by atoms with Gasteiger partial charge in [-0.1, -0.05) is 30.3 Å². The average molecular weight is 370 g/mol. The molecule has 0 amide bonds. The summed E-state index contributed by atoms with van der Waals surface area (Å²) in [5.74, 6) is 0. The fourth-order valence-electron chi connectivity index (χ4n) is 4.05. The molecule has 1 atom stereocenters. The molecular weight excluding hydrogens is 348 g/mol. The lowest BCUT2D eigenvalue weighted by Gasteiger charge is -2.35. The lowest BCUT2D eigenvalue weighted by molar-refractivity contribution is 0.199. The van der Waals surface area contributed by atoms with Gasteiger partial charge in [0, 0.05) is 50.0 Å². The maximum Gasteiger partial charge on any atom is 0.0926 e. The number of hydrogen-bond acceptors (Lipinski definition) is 4. The predicted molar refractivity (Wildman–Crippen MR) is 107 cm³/mol. The van der Waals surface area contributed by atoms with Gasteiger partial charge in [-0.15, -0.1) is 0 Å². The van der Waals surface area contributed by atoms with E-state index in [4.69, 9.17) is 0 Å². The zero-order chi connectivity index (χ0) is 18.8. The first kappa shape index (κ1) is 16.9. The smallest absolute Gasteiger partial charge is 0.0926 e. The maximum absolute atomic E-state index is 4.65. The van der Waals surface area contributed by atoms with Crippen molar-refractivity contribution >= 4 is 0 Å². The molecule has 1 aliphatic rings. The minimum absolute atomic E-state index is 0.112. The predicted octanol–water partition coefficient (Wildman–Crippen LogP) is 3.20. The molecule has 0 saturated carbocycles. The second kappa shape index (κ2) is 7.40. The largest absolute Gasteiger partial charge is 0.348 e. The first-order chi connectivity index (χ1) is 13.9. The van der Waals surface area contributed by atoms with Gasteiger partial charge in [0.1, 0.15) is 0 Å². The van der Waals surface area contributed by atoms with Crippen LogP contribution in [0.5, 0.6) is 0 Å². The lowest BCUT2D eigenvalue weighted by atomic mass is 9.95. The first-order valence-corrected chi connectivity index (χ1v) is 9.59. The van der Waals surface area contributed by atoms with Crippen molar-refractivity contribution in [3.63, 3.8) is 0 Å². The van der Waals surface area contributed by atoms with Gasteiger partial charge in [0.05, 0.1) is 24.6 Å². The molecule has 1 N–H and O–H groups in total. The standard InChI is InChI=1S/C22H22N6/c1-2-6-19(15-28-11-4-10-26-28)18(5-1)14-27-12-8-20-21(25-16-24-20)22(27)17-7-3-9-23-13-17/h1-7,9-11,13,16,22H,8,12,14-15H2,(H,24,25)/t22-/m0/s1. The molecule has 4 aromatic rings. The van der Waals surface area contributed by atoms with Crippen LogP contribution in [0.4, 0.5) is 0 Å². The van der Waals surface area contributed by atoms with Crippen LogP contribution < -0.4 is 0 Å². The zero-order valence-electron chi connectivity index (χ0n) is 15.6. The minimum Gasteiger partial charge on any atom is -0.348 e. The Morgan fingerprint density at radius 1 is 1.00 bits per heavy atom. The monoisotopic (exact) mass is 370 g/mol. The van der Waals surface area contributed by atoms with Gasteiger partial charge < -0.3 is 4.98 Å². The van der Waals surface area contributed by atoms with Gasteiger partial charge in [-0.2, -0.15) is 5.10 Å². The van der Waals surface area contributed by atoms with Crippen LogP contribution in [-0.4, -0.2) is 36.2 Å². The molecule has 0 spiro atoms. The van der Waals surface area contributed by atoms with Crippen molar-refractivity contribution in [3.05, 3.63) is 102 Å². The Kier molecular flexibility index (Phi) is 4.47. The molecule has 5 rings (SSSR count). The average Bonchev–Trinajstić information content (AvgIpc) is 3.42. The zero-order valence-corrected chi connectivity index (χ0v) is 15.6. The summed E-state index contributed by atoms with van der Waals surface area (Å²) in [5.41, 5.74) is 6.15. The molecule has 140 valence electrons. The normalized spacial score (nSPS) is 16.8. The van der Waals surface area contributed by atoms with Crippen LogP contribution in [0, 0.1) is 0 Å². The Morgan fingerprint density at radius 3 is 2.68 bits per heavy atom. The lowest BCUT2D eigenvalue weighted by Crippen LogP contribution is -2.36. The number of nitrogens with one attached hydrogen (secondary N) is 1. The van der Waals surface area contributed by atoms with E-state index in [1.807, 2.05) is 47.9 Å². The Morgan fingerprint density at radius 2 is 1.89 bits per heavy atom. The molecule has 3 aromatic heterocycles. The van der Waals surface area contributed by atoms with E-state index in [1.54, 1.807) is 0 Å². The van der Waals surface area contributed by atoms with Gasteiger partial charge in [-0.25, -0.2) is 4.98 Å². The number of fused-ring (bicyclic) bond motifs is 1. The second-order valence-corrected chi connectivity index (χ2v) is 7.15. The number of benzene rings is 1. The van der Waals surface area contributed by atoms with Crippen molar-refractivity contribution in [1.82, 2.24) is 29.6 Å². The molecule has 0 saturated heterocycles. The summed E-state index contributed by atoms with van der Waals surface area (Å²) in [6.07, 6.45) is 10.4. The molecule has 28 heavy (non-hydrogen) atoms. The molecule has 6 nitrogen and oxygen atoms in total. The minimum atomic E-state index is 0.112. The van der Waals surface area contributed by atoms with Gasteiger partial charge in [0.2, 0.25) is 0 Å². The van der Waals surface area contributed by atoms with Gasteiger partial charge in [-0.3, -0.25) is 14.6 Å². The van der Waals surface area contributed by atoms with Crippen molar-refractivity contribution in [2.24, 2.45) is 0 Å². The number of pyridine rings is 1. The summed E-state index contributed by atoms with van der Waals surface area (Å²) in [6, 6.07) is 14.9. The summed E-state index contributed by atoms with van der Waals surface area (Å²) in [6.45, 7) is 2.62. The van der Waals surface area contributed by atoms with Crippen LogP contribution in [0.2, 0.25) is 0 Å². The van der Waals surface area contributed by atoms with Gasteiger partial charge >= 0.3 is 0 Å². The van der Waals surface area contributed by atoms with Gasteiger partial charge in [0.15, 0.2) is 0 Å². The highest BCUT2D eigenvalue weighted by Crippen LogP contribution is 2.34. The first-order valence-electron chi connectivity index (χ1n) is 9.59. The maximum atomic E-state index is 4.65. The van der Waals surface area contributed by atoms with E-state index in [2.05, 4.69) is 55.3 Å². The summed E-state index contributed by atoms with van der Waals surface area (Å²) in [7, 11) is 0. The van der Waals surface area contributed by atoms with E-state index in [9.17, 15) is 0 Å². The Hall–Kier alpha value is -3.25. The highest BCUT2D eigenvalue weighted by Gasteiger charge is 2.31. The molecular formula is C22H22N6. The molecule has 6 heteroatoms. The Labute approximate surface area is 163 Å². The number of hydrogen-bond donors (Lipinski definition) is 1. The molecule has 0 aliphatic carbocycles. The van der Waals surface area contributed by atoms with Crippen LogP contribution in [0.3, 0.4) is 0 Å². The van der Waals surface area contributed by atoms with Crippen molar-refractivity contribution in [1.29, 1.82) is 0 Å². The quantitative estimate of drug-likeness (QED) is 0.586. The topological polar surface area (TPSA) is 62.6 Å². The van der Waals surface area contributed by atoms with E-state index in [0.29, 0.717) is 0 Å². The summed E-state index contributed by atoms with van der Waals surface area (Å²) >= 11 is 0. The SMILES string of the molecule is c1cncc([C@H]2c3nc[nH]c3CCN2Cc2ccccc2Cn2cccn2)c1. The van der Waals surface area contributed by atoms with Crippen molar-refractivity contribution in [2.45, 2.75) is 25.6 Å². The summed E-state index contributed by atoms with van der Waals surface area (Å²) in [5, 5.41) is 4.37. The molecule has 1 aliphatic heterocycles. The third kappa shape index (κ3) is 3.23. The van der Waals surface area contributed by atoms with E-state index in [1.165, 1.54) is 22.4 Å². The van der Waals surface area contributed by atoms with Crippen molar-refractivity contribution in [2.75, 3.05) is 6.54 Å². The summed E-state index contributed by atoms with van der Waals surface area (Å²) < 4.78 is 1.97. The third-order valence-corrected chi connectivity index (χ3v) is 5.41. The molecule has 0 bridgehead atoms. The van der Waals surface area contributed by atoms with Crippen LogP contribution in [0.15, 0.2) is 73.6 Å². The number of H-pyrrole nitrogens is 1. The molecule has 0 fully saturated rings. The van der Waals surface area contributed by atoms with Gasteiger partial charge in [-0.05, 0) is 28.8 Å². The van der Waals surface area contributed by atoms with E-state index < -0.39 is 0 Å². The van der Waals surface area contributed by atoms with Crippen molar-refractivity contribution < 1.29 is 0 Å². The van der Waals surface area contributed by atoms with Crippen LogP contribution in [0.25, 0.3) is 0 Å². The van der Waals surface area contributed by atoms with Crippen LogP contribution >= 0.6 is 0 Å². The molecule has 0 unspecified atom stereocenters. The van der Waals surface area contributed by atoms with Crippen LogP contribution in [-0.2, 0) is 19.5 Å². The highest BCUT2D eigenvalue weighted by atomic mass is 15.3. The summed E-state index contributed by atoms with van der Waals surface area (Å²) in [4.78, 5) is 14.8. The van der Waals surface area contributed by atoms with Crippen LogP contribution in [0.1, 0.15) is 34.1 Å². The van der Waals surface area contributed by atoms with E-state index >= 15 is 0 Å². The van der Waals surface area contributed by atoms with Crippen molar-refractivity contribution in [3.8, 4) is 0 Å². The Bertz CT molecular complexity index is 1040. The van der Waals surface area contributed by atoms with E-state index in [0.717, 1.165) is 31.7 Å². The molecule has 4 heterocycles.